The van der Waals surface area contributed by atoms with Gasteiger partial charge in [-0.2, -0.15) is 0 Å². The lowest BCUT2D eigenvalue weighted by Gasteiger charge is -2.30. The maximum atomic E-state index is 12.4. The van der Waals surface area contributed by atoms with Crippen molar-refractivity contribution in [2.24, 2.45) is 0 Å². The molecule has 5 nitrogen and oxygen atoms in total. The molecule has 2 aromatic carbocycles. The number of fused-ring (bicyclic) bond motifs is 1. The Morgan fingerprint density at radius 3 is 2.77 bits per heavy atom. The molecule has 3 rings (SSSR count). The largest absolute Gasteiger partial charge is 0.338 e. The van der Waals surface area contributed by atoms with E-state index in [1.807, 2.05) is 42.5 Å². The normalized spacial score (nSPS) is 13.1. The lowest BCUT2D eigenvalue weighted by atomic mass is 9.98. The Morgan fingerprint density at radius 2 is 2.00 bits per heavy atom. The molecule has 26 heavy (non-hydrogen) atoms. The van der Waals surface area contributed by atoms with E-state index in [0.29, 0.717) is 24.7 Å². The van der Waals surface area contributed by atoms with Crippen LogP contribution in [-0.4, -0.2) is 29.9 Å². The number of carbonyl (C=O) groups excluding carboxylic acids is 2. The van der Waals surface area contributed by atoms with Crippen molar-refractivity contribution >= 4 is 29.2 Å². The van der Waals surface area contributed by atoms with E-state index in [1.165, 1.54) is 6.92 Å². The second-order valence-electron chi connectivity index (χ2n) is 6.41. The summed E-state index contributed by atoms with van der Waals surface area (Å²) in [7, 11) is 0. The highest BCUT2D eigenvalue weighted by Crippen LogP contribution is 2.26. The van der Waals surface area contributed by atoms with Gasteiger partial charge in [-0.25, -0.2) is 4.79 Å². The number of nitrogens with one attached hydrogen (secondary N) is 2. The minimum Gasteiger partial charge on any atom is -0.338 e. The summed E-state index contributed by atoms with van der Waals surface area (Å²) in [4.78, 5) is 25.6. The van der Waals surface area contributed by atoms with E-state index in [4.69, 9.17) is 11.6 Å². The van der Waals surface area contributed by atoms with Crippen LogP contribution in [-0.2, 0) is 24.2 Å². The van der Waals surface area contributed by atoms with Gasteiger partial charge in [0.25, 0.3) is 0 Å². The maximum absolute atomic E-state index is 12.4. The summed E-state index contributed by atoms with van der Waals surface area (Å²) >= 11 is 5.98. The van der Waals surface area contributed by atoms with Crippen molar-refractivity contribution in [1.82, 2.24) is 10.2 Å². The van der Waals surface area contributed by atoms with Crippen LogP contribution in [0.1, 0.15) is 23.6 Å². The van der Waals surface area contributed by atoms with Crippen molar-refractivity contribution in [1.29, 1.82) is 0 Å². The second kappa shape index (κ2) is 8.23. The van der Waals surface area contributed by atoms with E-state index in [2.05, 4.69) is 10.6 Å². The Kier molecular flexibility index (Phi) is 5.78. The number of urea groups is 1. The van der Waals surface area contributed by atoms with Crippen LogP contribution in [0.5, 0.6) is 0 Å². The number of benzene rings is 2. The molecule has 0 spiro atoms. The Bertz CT molecular complexity index is 822. The zero-order chi connectivity index (χ0) is 18.5. The number of hydrogen-bond donors (Lipinski definition) is 2. The van der Waals surface area contributed by atoms with E-state index < -0.39 is 0 Å². The van der Waals surface area contributed by atoms with Gasteiger partial charge in [-0.05, 0) is 47.7 Å². The highest BCUT2D eigenvalue weighted by molar-refractivity contribution is 6.30. The molecule has 1 aliphatic heterocycles. The summed E-state index contributed by atoms with van der Waals surface area (Å²) in [5, 5.41) is 6.54. The van der Waals surface area contributed by atoms with Gasteiger partial charge in [-0.3, -0.25) is 4.79 Å². The number of anilines is 1. The predicted octanol–water partition coefficient (Wildman–Crippen LogP) is 3.61. The van der Waals surface area contributed by atoms with Gasteiger partial charge in [0.1, 0.15) is 0 Å². The van der Waals surface area contributed by atoms with Gasteiger partial charge in [0.2, 0.25) is 5.91 Å². The fraction of sp³-hybridized carbons (Fsp3) is 0.300. The Labute approximate surface area is 158 Å². The zero-order valence-corrected chi connectivity index (χ0v) is 15.5. The SMILES string of the molecule is CC(=O)Nc1cccc2c1CCN(C(=O)NCCc1cccc(Cl)c1)C2. The molecular formula is C20H22ClN3O2. The molecule has 0 saturated heterocycles. The third-order valence-corrected chi connectivity index (χ3v) is 4.68. The van der Waals surface area contributed by atoms with Crippen LogP contribution in [0.3, 0.4) is 0 Å². The standard InChI is InChI=1S/C20H22ClN3O2/c1-14(25)23-19-7-3-5-16-13-24(11-9-18(16)19)20(26)22-10-8-15-4-2-6-17(21)12-15/h2-7,12H,8-11,13H2,1H3,(H,22,26)(H,23,25). The van der Waals surface area contributed by atoms with Crippen LogP contribution in [0.25, 0.3) is 0 Å². The molecule has 136 valence electrons. The molecule has 6 heteroatoms. The highest BCUT2D eigenvalue weighted by Gasteiger charge is 2.22. The third kappa shape index (κ3) is 4.55. The lowest BCUT2D eigenvalue weighted by molar-refractivity contribution is -0.114. The number of rotatable bonds is 4. The van der Waals surface area contributed by atoms with Crippen LogP contribution in [0.15, 0.2) is 42.5 Å². The summed E-state index contributed by atoms with van der Waals surface area (Å²) in [5.74, 6) is -0.0837. The fourth-order valence-corrected chi connectivity index (χ4v) is 3.42. The number of nitrogens with zero attached hydrogens (tertiary/aromatic N) is 1. The smallest absolute Gasteiger partial charge is 0.317 e. The van der Waals surface area contributed by atoms with Gasteiger partial charge in [0.05, 0.1) is 0 Å². The first-order valence-corrected chi connectivity index (χ1v) is 9.06. The molecular weight excluding hydrogens is 350 g/mol. The molecule has 0 radical (unpaired) electrons. The monoisotopic (exact) mass is 371 g/mol. The number of amides is 3. The molecule has 2 aromatic rings. The highest BCUT2D eigenvalue weighted by atomic mass is 35.5. The summed E-state index contributed by atoms with van der Waals surface area (Å²) in [6, 6.07) is 13.4. The van der Waals surface area contributed by atoms with E-state index in [9.17, 15) is 9.59 Å². The molecule has 1 aliphatic rings. The second-order valence-corrected chi connectivity index (χ2v) is 6.84. The van der Waals surface area contributed by atoms with E-state index in [1.54, 1.807) is 4.90 Å². The molecule has 0 aliphatic carbocycles. The minimum absolute atomic E-state index is 0.0670. The molecule has 1 heterocycles. The van der Waals surface area contributed by atoms with Crippen molar-refractivity contribution in [3.05, 3.63) is 64.2 Å². The summed E-state index contributed by atoms with van der Waals surface area (Å²) in [6.07, 6.45) is 1.47. The first-order chi connectivity index (χ1) is 12.5. The molecule has 0 fully saturated rings. The average molecular weight is 372 g/mol. The topological polar surface area (TPSA) is 61.4 Å². The van der Waals surface area contributed by atoms with Crippen LogP contribution >= 0.6 is 11.6 Å². The average Bonchev–Trinajstić information content (AvgIpc) is 2.61. The number of halogens is 1. The number of carbonyl (C=O) groups is 2. The van der Waals surface area contributed by atoms with E-state index in [-0.39, 0.29) is 11.9 Å². The van der Waals surface area contributed by atoms with Gasteiger partial charge in [0.15, 0.2) is 0 Å². The van der Waals surface area contributed by atoms with Crippen molar-refractivity contribution in [2.75, 3.05) is 18.4 Å². The van der Waals surface area contributed by atoms with E-state index in [0.717, 1.165) is 35.2 Å². The lowest BCUT2D eigenvalue weighted by Crippen LogP contribution is -2.43. The first kappa shape index (κ1) is 18.3. The first-order valence-electron chi connectivity index (χ1n) is 8.68. The zero-order valence-electron chi connectivity index (χ0n) is 14.7. The molecule has 2 N–H and O–H groups in total. The fourth-order valence-electron chi connectivity index (χ4n) is 3.21. The van der Waals surface area contributed by atoms with E-state index >= 15 is 0 Å². The van der Waals surface area contributed by atoms with Crippen molar-refractivity contribution in [3.63, 3.8) is 0 Å². The van der Waals surface area contributed by atoms with Crippen LogP contribution in [0.2, 0.25) is 5.02 Å². The minimum atomic E-state index is -0.0837. The molecule has 0 bridgehead atoms. The summed E-state index contributed by atoms with van der Waals surface area (Å²) in [5.41, 5.74) is 4.14. The van der Waals surface area contributed by atoms with Gasteiger partial charge in [-0.1, -0.05) is 35.9 Å². The summed E-state index contributed by atoms with van der Waals surface area (Å²) < 4.78 is 0. The van der Waals surface area contributed by atoms with Crippen LogP contribution in [0, 0.1) is 0 Å². The number of hydrogen-bond acceptors (Lipinski definition) is 2. The Morgan fingerprint density at radius 1 is 1.19 bits per heavy atom. The van der Waals surface area contributed by atoms with Gasteiger partial charge in [-0.15, -0.1) is 0 Å². The van der Waals surface area contributed by atoms with Crippen molar-refractivity contribution in [3.8, 4) is 0 Å². The predicted molar refractivity (Wildman–Crippen MR) is 103 cm³/mol. The maximum Gasteiger partial charge on any atom is 0.317 e. The Hall–Kier alpha value is -2.53. The third-order valence-electron chi connectivity index (χ3n) is 4.44. The summed E-state index contributed by atoms with van der Waals surface area (Å²) in [6.45, 7) is 3.24. The molecule has 0 aromatic heterocycles. The van der Waals surface area contributed by atoms with Gasteiger partial charge in [0, 0.05) is 37.3 Å². The van der Waals surface area contributed by atoms with Gasteiger partial charge >= 0.3 is 6.03 Å². The Balaban J connectivity index is 1.56. The van der Waals surface area contributed by atoms with Crippen molar-refractivity contribution < 1.29 is 9.59 Å². The van der Waals surface area contributed by atoms with Gasteiger partial charge < -0.3 is 15.5 Å². The quantitative estimate of drug-likeness (QED) is 0.862. The molecule has 3 amide bonds. The molecule has 0 saturated carbocycles. The van der Waals surface area contributed by atoms with Crippen molar-refractivity contribution in [2.45, 2.75) is 26.3 Å². The molecule has 0 atom stereocenters. The van der Waals surface area contributed by atoms with Crippen LogP contribution < -0.4 is 10.6 Å². The molecule has 0 unspecified atom stereocenters. The van der Waals surface area contributed by atoms with Crippen LogP contribution in [0.4, 0.5) is 10.5 Å².